The molecule has 1 fully saturated rings. The van der Waals surface area contributed by atoms with Gasteiger partial charge in [0.05, 0.1) is 0 Å². The van der Waals surface area contributed by atoms with Crippen LogP contribution in [0.4, 0.5) is 20.3 Å². The number of carbonyl (C=O) groups excluding carboxylic acids is 1. The van der Waals surface area contributed by atoms with Crippen molar-refractivity contribution in [3.05, 3.63) is 42.0 Å². The Morgan fingerprint density at radius 2 is 1.85 bits per heavy atom. The third-order valence-electron chi connectivity index (χ3n) is 4.46. The van der Waals surface area contributed by atoms with E-state index in [1.54, 1.807) is 6.07 Å². The quantitative estimate of drug-likeness (QED) is 0.765. The first-order valence-electron chi connectivity index (χ1n) is 8.17. The Morgan fingerprint density at radius 1 is 1.12 bits per heavy atom. The molecule has 0 unspecified atom stereocenters. The van der Waals surface area contributed by atoms with Crippen LogP contribution in [0.2, 0.25) is 0 Å². The molecule has 1 aliphatic rings. The molecular weight excluding hydrogens is 344 g/mol. The Hall–Kier alpha value is -3.17. The molecule has 3 aromatic rings. The van der Waals surface area contributed by atoms with Crippen molar-refractivity contribution in [2.24, 2.45) is 5.92 Å². The van der Waals surface area contributed by atoms with Crippen molar-refractivity contribution in [1.82, 2.24) is 25.3 Å². The van der Waals surface area contributed by atoms with E-state index in [1.165, 1.54) is 10.7 Å². The summed E-state index contributed by atoms with van der Waals surface area (Å²) in [4.78, 5) is 14.4. The highest BCUT2D eigenvalue weighted by molar-refractivity contribution is 5.93. The molecule has 4 rings (SSSR count). The third kappa shape index (κ3) is 3.05. The van der Waals surface area contributed by atoms with Crippen LogP contribution in [0, 0.1) is 17.6 Å². The predicted octanol–water partition coefficient (Wildman–Crippen LogP) is 1.65. The summed E-state index contributed by atoms with van der Waals surface area (Å²) in [7, 11) is 0. The topological polar surface area (TPSA) is 88.3 Å². The van der Waals surface area contributed by atoms with Crippen molar-refractivity contribution in [3.8, 4) is 0 Å². The summed E-state index contributed by atoms with van der Waals surface area (Å²) >= 11 is 0. The molecule has 0 aliphatic carbocycles. The molecule has 0 radical (unpaired) electrons. The monoisotopic (exact) mass is 359 g/mol. The van der Waals surface area contributed by atoms with Gasteiger partial charge in [0.15, 0.2) is 11.5 Å². The number of piperidine rings is 1. The second-order valence-electron chi connectivity index (χ2n) is 6.07. The number of nitrogens with one attached hydrogen (secondary N) is 1. The van der Waals surface area contributed by atoms with E-state index in [9.17, 15) is 13.6 Å². The lowest BCUT2D eigenvalue weighted by Crippen LogP contribution is -2.39. The van der Waals surface area contributed by atoms with Gasteiger partial charge in [-0.1, -0.05) is 6.07 Å². The second-order valence-corrected chi connectivity index (χ2v) is 6.07. The van der Waals surface area contributed by atoms with E-state index in [2.05, 4.69) is 25.9 Å². The number of nitrogens with zero attached hydrogens (tertiary/aromatic N) is 6. The van der Waals surface area contributed by atoms with Gasteiger partial charge in [-0.15, -0.1) is 14.8 Å². The zero-order valence-electron chi connectivity index (χ0n) is 13.6. The maximum absolute atomic E-state index is 13.7. The van der Waals surface area contributed by atoms with Gasteiger partial charge < -0.3 is 10.2 Å². The van der Waals surface area contributed by atoms with Crippen molar-refractivity contribution in [1.29, 1.82) is 0 Å². The number of para-hydroxylation sites is 1. The number of hydrogen-bond donors (Lipinski definition) is 1. The molecule has 134 valence electrons. The molecule has 10 heteroatoms. The van der Waals surface area contributed by atoms with Crippen molar-refractivity contribution >= 4 is 23.1 Å². The van der Waals surface area contributed by atoms with E-state index >= 15 is 0 Å². The predicted molar refractivity (Wildman–Crippen MR) is 88.5 cm³/mol. The van der Waals surface area contributed by atoms with Gasteiger partial charge in [-0.2, -0.15) is 0 Å². The smallest absolute Gasteiger partial charge is 0.227 e. The van der Waals surface area contributed by atoms with Crippen molar-refractivity contribution in [2.45, 2.75) is 12.8 Å². The highest BCUT2D eigenvalue weighted by atomic mass is 19.1. The van der Waals surface area contributed by atoms with Crippen LogP contribution < -0.4 is 10.2 Å². The summed E-state index contributed by atoms with van der Waals surface area (Å²) in [5, 5.41) is 17.8. The number of fused-ring (bicyclic) bond motifs is 1. The van der Waals surface area contributed by atoms with E-state index < -0.39 is 17.3 Å². The maximum atomic E-state index is 13.7. The van der Waals surface area contributed by atoms with Gasteiger partial charge in [-0.05, 0) is 47.5 Å². The Kier molecular flexibility index (Phi) is 4.15. The Bertz CT molecular complexity index is 932. The molecular formula is C16H15F2N7O. The molecule has 3 heterocycles. The Morgan fingerprint density at radius 3 is 2.58 bits per heavy atom. The maximum Gasteiger partial charge on any atom is 0.227 e. The number of tetrazole rings is 1. The van der Waals surface area contributed by atoms with Gasteiger partial charge in [0.25, 0.3) is 0 Å². The molecule has 0 bridgehead atoms. The highest BCUT2D eigenvalue weighted by Gasteiger charge is 2.27. The molecule has 1 amide bonds. The van der Waals surface area contributed by atoms with Crippen LogP contribution in [0.25, 0.3) is 5.65 Å². The van der Waals surface area contributed by atoms with E-state index in [0.717, 1.165) is 12.1 Å². The van der Waals surface area contributed by atoms with Gasteiger partial charge in [0.2, 0.25) is 5.91 Å². The number of halogens is 2. The molecule has 0 saturated carbocycles. The number of carbonyl (C=O) groups is 1. The molecule has 1 N–H and O–H groups in total. The first-order chi connectivity index (χ1) is 12.6. The zero-order valence-corrected chi connectivity index (χ0v) is 13.6. The number of hydrogen-bond acceptors (Lipinski definition) is 6. The van der Waals surface area contributed by atoms with Crippen LogP contribution in [0.1, 0.15) is 12.8 Å². The first kappa shape index (κ1) is 16.3. The fourth-order valence-corrected chi connectivity index (χ4v) is 3.02. The Labute approximate surface area is 146 Å². The third-order valence-corrected chi connectivity index (χ3v) is 4.46. The summed E-state index contributed by atoms with van der Waals surface area (Å²) in [6.45, 7) is 1.19. The van der Waals surface area contributed by atoms with Crippen molar-refractivity contribution in [3.63, 3.8) is 0 Å². The average Bonchev–Trinajstić information content (AvgIpc) is 3.12. The van der Waals surface area contributed by atoms with Gasteiger partial charge in [-0.25, -0.2) is 8.78 Å². The van der Waals surface area contributed by atoms with E-state index in [1.807, 2.05) is 11.0 Å². The van der Waals surface area contributed by atoms with E-state index in [4.69, 9.17) is 0 Å². The number of aromatic nitrogens is 5. The van der Waals surface area contributed by atoms with E-state index in [-0.39, 0.29) is 11.8 Å². The van der Waals surface area contributed by atoms with Crippen molar-refractivity contribution < 1.29 is 13.6 Å². The lowest BCUT2D eigenvalue weighted by Gasteiger charge is -2.31. The molecule has 2 aromatic heterocycles. The average molecular weight is 359 g/mol. The molecule has 0 atom stereocenters. The van der Waals surface area contributed by atoms with Crippen molar-refractivity contribution in [2.75, 3.05) is 23.3 Å². The second kappa shape index (κ2) is 6.62. The Balaban J connectivity index is 1.40. The lowest BCUT2D eigenvalue weighted by molar-refractivity contribution is -0.120. The normalized spacial score (nSPS) is 15.4. The van der Waals surface area contributed by atoms with Gasteiger partial charge in [0.1, 0.15) is 17.3 Å². The number of anilines is 2. The molecule has 8 nitrogen and oxygen atoms in total. The summed E-state index contributed by atoms with van der Waals surface area (Å²) < 4.78 is 28.7. The van der Waals surface area contributed by atoms with Gasteiger partial charge >= 0.3 is 0 Å². The summed E-state index contributed by atoms with van der Waals surface area (Å²) in [6.07, 6.45) is 1.11. The highest BCUT2D eigenvalue weighted by Crippen LogP contribution is 2.25. The molecule has 1 aromatic carbocycles. The minimum absolute atomic E-state index is 0.318. The lowest BCUT2D eigenvalue weighted by atomic mass is 9.95. The summed E-state index contributed by atoms with van der Waals surface area (Å²) in [5.41, 5.74) is 0.153. The minimum Gasteiger partial charge on any atom is -0.355 e. The first-order valence-corrected chi connectivity index (χ1v) is 8.17. The van der Waals surface area contributed by atoms with Crippen LogP contribution in [0.15, 0.2) is 30.3 Å². The molecule has 0 spiro atoms. The largest absolute Gasteiger partial charge is 0.355 e. The number of rotatable bonds is 3. The zero-order chi connectivity index (χ0) is 18.1. The molecule has 1 aliphatic heterocycles. The van der Waals surface area contributed by atoms with Crippen LogP contribution in [-0.2, 0) is 4.79 Å². The van der Waals surface area contributed by atoms with Crippen LogP contribution in [-0.4, -0.2) is 44.3 Å². The van der Waals surface area contributed by atoms with Crippen LogP contribution >= 0.6 is 0 Å². The number of benzene rings is 1. The summed E-state index contributed by atoms with van der Waals surface area (Å²) in [5.74, 6) is -1.55. The fourth-order valence-electron chi connectivity index (χ4n) is 3.02. The molecule has 1 saturated heterocycles. The van der Waals surface area contributed by atoms with Gasteiger partial charge in [-0.3, -0.25) is 4.79 Å². The summed E-state index contributed by atoms with van der Waals surface area (Å²) in [6, 6.07) is 7.07. The van der Waals surface area contributed by atoms with E-state index in [0.29, 0.717) is 37.4 Å². The SMILES string of the molecule is O=C(Nc1c(F)cccc1F)C1CCN(c2ccc3nnnn3n2)CC1. The van der Waals surface area contributed by atoms with Gasteiger partial charge in [0, 0.05) is 19.0 Å². The van der Waals surface area contributed by atoms with Crippen LogP contribution in [0.5, 0.6) is 0 Å². The number of amides is 1. The standard InChI is InChI=1S/C16H15F2N7O/c17-11-2-1-3-12(18)15(11)19-16(26)10-6-8-24(9-7-10)14-5-4-13-20-22-23-25(13)21-14/h1-5,10H,6-9H2,(H,19,26). The fraction of sp³-hybridized carbons (Fsp3) is 0.312. The molecule has 26 heavy (non-hydrogen) atoms. The minimum atomic E-state index is -0.783. The van der Waals surface area contributed by atoms with Crippen LogP contribution in [0.3, 0.4) is 0 Å².